The summed E-state index contributed by atoms with van der Waals surface area (Å²) >= 11 is 0. The Morgan fingerprint density at radius 2 is 1.74 bits per heavy atom. The van der Waals surface area contributed by atoms with Gasteiger partial charge in [0, 0.05) is 47.4 Å². The fourth-order valence-electron chi connectivity index (χ4n) is 19.1. The predicted octanol–water partition coefficient (Wildman–Crippen LogP) is 7.25. The van der Waals surface area contributed by atoms with Crippen LogP contribution >= 0.6 is 0 Å². The zero-order valence-electron chi connectivity index (χ0n) is 40.2. The Labute approximate surface area is 400 Å². The van der Waals surface area contributed by atoms with E-state index in [1.54, 1.807) is 6.26 Å². The van der Waals surface area contributed by atoms with Crippen LogP contribution in [0.1, 0.15) is 127 Å². The van der Waals surface area contributed by atoms with E-state index in [1.165, 1.54) is 5.56 Å². The highest BCUT2D eigenvalue weighted by Crippen LogP contribution is 2.83. The number of Topliss-reactive ketones (excluding diaryl/α,β-unsaturated/α-hetero) is 1. The number of cyclic esters (lactones) is 2. The molecule has 68 heavy (non-hydrogen) atoms. The van der Waals surface area contributed by atoms with Crippen molar-refractivity contribution in [2.75, 3.05) is 26.4 Å². The summed E-state index contributed by atoms with van der Waals surface area (Å²) in [5.41, 5.74) is -4.08. The van der Waals surface area contributed by atoms with E-state index in [9.17, 15) is 19.8 Å². The number of allylic oxidation sites excluding steroid dienone is 1. The third-order valence-corrected chi connectivity index (χ3v) is 21.6. The van der Waals surface area contributed by atoms with Gasteiger partial charge >= 0.3 is 11.9 Å². The number of nitrogens with one attached hydrogen (secondary N) is 1. The smallest absolute Gasteiger partial charge is 0.339 e. The zero-order valence-corrected chi connectivity index (χ0v) is 40.2. The van der Waals surface area contributed by atoms with Gasteiger partial charge in [0.05, 0.1) is 36.0 Å². The van der Waals surface area contributed by atoms with Crippen LogP contribution in [-0.2, 0) is 46.2 Å². The summed E-state index contributed by atoms with van der Waals surface area (Å²) in [5, 5.41) is 28.4. The molecule has 0 amide bonds. The van der Waals surface area contributed by atoms with Gasteiger partial charge in [0.15, 0.2) is 11.9 Å². The first-order valence-electron chi connectivity index (χ1n) is 26.6. The molecule has 2 aromatic rings. The zero-order chi connectivity index (χ0) is 46.6. The number of ketones is 1. The molecule has 13 rings (SSSR count). The largest absolute Gasteiger partial charge is 0.469 e. The van der Waals surface area contributed by atoms with Crippen molar-refractivity contribution in [3.05, 3.63) is 71.8 Å². The van der Waals surface area contributed by atoms with Gasteiger partial charge in [0.1, 0.15) is 30.2 Å². The molecule has 0 radical (unpaired) electrons. The molecule has 11 aliphatic rings. The van der Waals surface area contributed by atoms with Crippen LogP contribution in [0.5, 0.6) is 0 Å². The Kier molecular flexibility index (Phi) is 10.1. The lowest BCUT2D eigenvalue weighted by molar-refractivity contribution is -0.285. The van der Waals surface area contributed by atoms with E-state index in [2.05, 4.69) is 53.7 Å². The second-order valence-corrected chi connectivity index (χ2v) is 24.7. The van der Waals surface area contributed by atoms with E-state index in [4.69, 9.17) is 23.4 Å². The molecule has 12 nitrogen and oxygen atoms in total. The lowest BCUT2D eigenvalue weighted by atomic mass is 9.32. The van der Waals surface area contributed by atoms with E-state index in [0.717, 1.165) is 83.0 Å². The minimum absolute atomic E-state index is 0.0275. The number of aliphatic hydroxyl groups is 2. The summed E-state index contributed by atoms with van der Waals surface area (Å²) in [6.45, 7) is 8.15. The van der Waals surface area contributed by atoms with Crippen LogP contribution in [0.3, 0.4) is 0 Å². The molecule has 3 N–H and O–H groups in total. The average Bonchev–Trinajstić information content (AvgIpc) is 3.78. The first-order valence-corrected chi connectivity index (χ1v) is 26.6. The number of epoxide rings is 1. The molecule has 5 aliphatic carbocycles. The molecule has 5 saturated heterocycles. The van der Waals surface area contributed by atoms with Crippen molar-refractivity contribution >= 4 is 17.7 Å². The molecule has 12 heteroatoms. The molecule has 5 saturated carbocycles. The number of benzene rings is 1. The van der Waals surface area contributed by atoms with Gasteiger partial charge in [-0.1, -0.05) is 69.0 Å². The van der Waals surface area contributed by atoms with Crippen LogP contribution in [-0.4, -0.2) is 94.8 Å². The number of esters is 2. The number of hydrogen-bond donors (Lipinski definition) is 3. The minimum Gasteiger partial charge on any atom is -0.469 e. The molecular weight excluding hydrogens is 861 g/mol. The van der Waals surface area contributed by atoms with Crippen LogP contribution in [0.4, 0.5) is 0 Å². The van der Waals surface area contributed by atoms with E-state index < -0.39 is 69.2 Å². The summed E-state index contributed by atoms with van der Waals surface area (Å²) in [6, 6.07) is 13.1. The van der Waals surface area contributed by atoms with Crippen molar-refractivity contribution in [3.8, 4) is 0 Å². The number of nitrogens with zero attached hydrogens (tertiary/aromatic N) is 1. The van der Waals surface area contributed by atoms with Gasteiger partial charge in [-0.2, -0.15) is 0 Å². The SMILES string of the molecule is CC1(C)O[C@H]2C3(CCCC3)C(=O)OC[C@@]23[C@@H]1C(=O)[C@@H](O)[C@]1([C@H]2CCC[C@@H](Cc4ccccc4)C2)[C@@H]3CC[C@@]2(C)[C@H](c3ccoc3C[C@H](CO)[C@H]3CC[C@H]4[C@H](C=CN5CNC[C@H]45)C3)OC(=O)[C@H]3O[C@@]312. The minimum atomic E-state index is -1.45. The molecule has 7 heterocycles. The third kappa shape index (κ3) is 5.70. The fraction of sp³-hybridized carbons (Fsp3) is 0.732. The Morgan fingerprint density at radius 3 is 2.54 bits per heavy atom. The van der Waals surface area contributed by atoms with Crippen LogP contribution in [0.2, 0.25) is 0 Å². The highest BCUT2D eigenvalue weighted by molar-refractivity contribution is 5.93. The topological polar surface area (TPSA) is 160 Å². The summed E-state index contributed by atoms with van der Waals surface area (Å²) in [4.78, 5) is 47.7. The first-order chi connectivity index (χ1) is 32.8. The summed E-state index contributed by atoms with van der Waals surface area (Å²) in [5.74, 6) is 0.151. The first kappa shape index (κ1) is 44.4. The van der Waals surface area contributed by atoms with Gasteiger partial charge in [0.2, 0.25) is 0 Å². The predicted molar refractivity (Wildman–Crippen MR) is 248 cm³/mol. The Morgan fingerprint density at radius 1 is 0.912 bits per heavy atom. The lowest BCUT2D eigenvalue weighted by Crippen LogP contribution is -2.80. The standard InChI is InChI=1S/C56H72N2O10/c1-51(2)44-43(60)45(61)55(37-13-9-12-33(25-37)24-32-10-5-4-6-11-32)42(54(44)30-65-50(63)53(49(54)68-51)19-7-8-20-53)16-21-52(3)46(66-48(62)47-56(52,55)67-47)39-18-23-64-41(39)27-36(29-59)34-14-15-38-35(26-34)17-22-58-31-57-28-40(38)58/h4-6,10-11,17-18,22-23,33-38,40,42,44-47,49,57,59,61H,7-9,12-16,19-21,24-31H2,1-3H3/t33-,34-,35+,36+,37-,38-,40+,42+,44+,45+,46-,47+,49-,52-,54+,55-,56+/m0/s1. The summed E-state index contributed by atoms with van der Waals surface area (Å²) < 4.78 is 34.1. The normalized spacial score (nSPS) is 46.3. The van der Waals surface area contributed by atoms with Crippen LogP contribution in [0.25, 0.3) is 0 Å². The highest BCUT2D eigenvalue weighted by atomic mass is 16.7. The van der Waals surface area contributed by atoms with Gasteiger partial charge in [-0.25, -0.2) is 4.79 Å². The Hall–Kier alpha value is -3.55. The maximum absolute atomic E-state index is 16.0. The number of ether oxygens (including phenoxy) is 4. The molecule has 1 aromatic carbocycles. The monoisotopic (exact) mass is 933 g/mol. The summed E-state index contributed by atoms with van der Waals surface area (Å²) in [7, 11) is 0. The number of fused-ring (bicyclic) bond motifs is 5. The maximum Gasteiger partial charge on any atom is 0.339 e. The van der Waals surface area contributed by atoms with Crippen LogP contribution in [0, 0.1) is 69.0 Å². The molecule has 17 atom stereocenters. The van der Waals surface area contributed by atoms with E-state index in [1.807, 2.05) is 26.0 Å². The second-order valence-electron chi connectivity index (χ2n) is 24.7. The quantitative estimate of drug-likeness (QED) is 0.180. The molecule has 10 fully saturated rings. The average molecular weight is 933 g/mol. The van der Waals surface area contributed by atoms with Crippen LogP contribution < -0.4 is 5.32 Å². The van der Waals surface area contributed by atoms with Crippen molar-refractivity contribution in [2.24, 2.45) is 69.0 Å². The molecule has 1 aromatic heterocycles. The number of furan rings is 1. The van der Waals surface area contributed by atoms with Crippen molar-refractivity contribution in [3.63, 3.8) is 0 Å². The van der Waals surface area contributed by atoms with Gasteiger partial charge in [0.25, 0.3) is 0 Å². The van der Waals surface area contributed by atoms with Gasteiger partial charge in [-0.05, 0) is 137 Å². The lowest BCUT2D eigenvalue weighted by Gasteiger charge is -2.70. The number of carbonyl (C=O) groups is 3. The van der Waals surface area contributed by atoms with E-state index in [-0.39, 0.29) is 48.6 Å². The number of carbonyl (C=O) groups excluding carboxylic acids is 3. The fourth-order valence-corrected chi connectivity index (χ4v) is 19.1. The van der Waals surface area contributed by atoms with Crippen molar-refractivity contribution < 1.29 is 48.0 Å². The number of rotatable bonds is 8. The molecule has 0 unspecified atom stereocenters. The molecule has 6 aliphatic heterocycles. The molecule has 366 valence electrons. The van der Waals surface area contributed by atoms with Gasteiger partial charge in [-0.15, -0.1) is 0 Å². The maximum atomic E-state index is 16.0. The van der Waals surface area contributed by atoms with E-state index >= 15 is 4.79 Å². The highest BCUT2D eigenvalue weighted by Gasteiger charge is 2.93. The molecule has 0 bridgehead atoms. The van der Waals surface area contributed by atoms with Crippen molar-refractivity contribution in [1.29, 1.82) is 0 Å². The Balaban J connectivity index is 0.912. The molecular formula is C56H72N2O10. The van der Waals surface area contributed by atoms with Crippen LogP contribution in [0.15, 0.2) is 59.4 Å². The number of hydrogen-bond acceptors (Lipinski definition) is 12. The number of aliphatic hydroxyl groups excluding tert-OH is 2. The second kappa shape index (κ2) is 15.5. The third-order valence-electron chi connectivity index (χ3n) is 21.6. The van der Waals surface area contributed by atoms with Gasteiger partial charge in [-0.3, -0.25) is 14.9 Å². The Bertz CT molecular complexity index is 2380. The summed E-state index contributed by atoms with van der Waals surface area (Å²) in [6.07, 6.45) is 14.9. The molecule has 3 spiro atoms. The van der Waals surface area contributed by atoms with E-state index in [0.29, 0.717) is 61.7 Å². The van der Waals surface area contributed by atoms with Crippen molar-refractivity contribution in [1.82, 2.24) is 10.2 Å². The van der Waals surface area contributed by atoms with Gasteiger partial charge < -0.3 is 38.5 Å². The van der Waals surface area contributed by atoms with Crippen molar-refractivity contribution in [2.45, 2.75) is 159 Å².